The van der Waals surface area contributed by atoms with Crippen LogP contribution in [0.1, 0.15) is 50.7 Å². The topological polar surface area (TPSA) is 443 Å². The molecule has 0 bridgehead atoms. The number of hydrogen-bond acceptors (Lipinski definition) is 18. The summed E-state index contributed by atoms with van der Waals surface area (Å²) in [6.45, 7) is 8.83. The number of carbonyl (C=O) groups excluding carboxylic acids is 4. The Morgan fingerprint density at radius 3 is 1.07 bits per heavy atom. The molecule has 0 fully saturated rings. The molecule has 2 aliphatic heterocycles. The van der Waals surface area contributed by atoms with Crippen LogP contribution in [0, 0.1) is 0 Å². The lowest BCUT2D eigenvalue weighted by Crippen LogP contribution is -2.35. The number of dihydropyridines is 2. The zero-order valence-electron chi connectivity index (χ0n) is 41.7. The zero-order valence-corrected chi connectivity index (χ0v) is 43.2. The Balaban J connectivity index is -0.00000104. The lowest BCUT2D eigenvalue weighted by atomic mass is 9.80. The van der Waals surface area contributed by atoms with Gasteiger partial charge in [-0.15, -0.1) is 0 Å². The predicted octanol–water partition coefficient (Wildman–Crippen LogP) is 1.48. The summed E-state index contributed by atoms with van der Waals surface area (Å²) < 4.78 is 31.6. The second kappa shape index (κ2) is 38.2. The summed E-state index contributed by atoms with van der Waals surface area (Å²) in [6, 6.07) is 14.1. The Hall–Kier alpha value is -7.46. The Kier molecular flexibility index (Phi) is 36.5. The van der Waals surface area contributed by atoms with E-state index >= 15 is 0 Å². The normalized spacial score (nSPS) is 14.5. The van der Waals surface area contributed by atoms with E-state index in [9.17, 15) is 38.4 Å². The van der Waals surface area contributed by atoms with Crippen molar-refractivity contribution in [2.75, 3.05) is 67.0 Å². The maximum atomic E-state index is 12.9. The van der Waals surface area contributed by atoms with Crippen LogP contribution >= 0.6 is 23.2 Å². The molecule has 75 heavy (non-hydrogen) atoms. The maximum absolute atomic E-state index is 12.9. The molecule has 25 nitrogen and oxygen atoms in total. The molecule has 4 rings (SSSR count). The van der Waals surface area contributed by atoms with Crippen molar-refractivity contribution >= 4 is 71.0 Å². The third kappa shape index (κ3) is 23.5. The predicted molar refractivity (Wildman–Crippen MR) is 271 cm³/mol. The first-order valence-electron chi connectivity index (χ1n) is 21.4. The molecular formula is C48H64Cl2N4O21. The van der Waals surface area contributed by atoms with E-state index in [-0.39, 0.29) is 54.0 Å². The number of carboxylic acid groups (broad SMARTS) is 4. The second-order valence-corrected chi connectivity index (χ2v) is 15.0. The Labute approximate surface area is 440 Å². The lowest BCUT2D eigenvalue weighted by molar-refractivity contribution is -0.140. The summed E-state index contributed by atoms with van der Waals surface area (Å²) in [6.07, 6.45) is 2.23. The molecule has 0 amide bonds. The molecule has 2 aliphatic rings. The molecule has 0 saturated carbocycles. The average molecular weight is 1100 g/mol. The fourth-order valence-corrected chi connectivity index (χ4v) is 7.01. The van der Waals surface area contributed by atoms with Crippen molar-refractivity contribution in [2.24, 2.45) is 11.5 Å². The van der Waals surface area contributed by atoms with E-state index in [1.54, 1.807) is 76.2 Å². The quantitative estimate of drug-likeness (QED) is 0.0403. The van der Waals surface area contributed by atoms with Gasteiger partial charge >= 0.3 is 47.8 Å². The first-order valence-corrected chi connectivity index (χ1v) is 22.2. The van der Waals surface area contributed by atoms with Crippen LogP contribution in [0.15, 0.2) is 118 Å². The number of aliphatic carboxylic acids is 4. The van der Waals surface area contributed by atoms with Crippen LogP contribution in [0.3, 0.4) is 0 Å². The number of hydrogen-bond donors (Lipinski definition) is 8. The van der Waals surface area contributed by atoms with Crippen molar-refractivity contribution in [1.82, 2.24) is 10.6 Å². The standard InChI is InChI=1S/2C20H25ClN2O5.2C4H4O4.3H2O/c2*1-4-28-20(25)18-15(11-27-10-9-22)23-12(2)16(19(24)26-3)17(18)13-7-5-6-8-14(13)21;2*5-3(6)1-2-4(7)8;;;/h2*5-8,17,23H,4,9-11,22H2,1-3H3;2*1-2H,(H,5,6)(H,7,8);3*1H2/b;;2*2-1-;;;. The number of benzene rings is 2. The smallest absolute Gasteiger partial charge is 0.336 e. The molecule has 0 aliphatic carbocycles. The number of rotatable bonds is 20. The van der Waals surface area contributed by atoms with E-state index in [2.05, 4.69) is 10.6 Å². The molecule has 2 aromatic carbocycles. The molecule has 2 unspecified atom stereocenters. The summed E-state index contributed by atoms with van der Waals surface area (Å²) in [5.41, 5.74) is 15.4. The second-order valence-electron chi connectivity index (χ2n) is 14.1. The Morgan fingerprint density at radius 1 is 0.533 bits per heavy atom. The van der Waals surface area contributed by atoms with Crippen molar-refractivity contribution in [3.63, 3.8) is 0 Å². The van der Waals surface area contributed by atoms with Crippen molar-refractivity contribution in [3.8, 4) is 0 Å². The van der Waals surface area contributed by atoms with Crippen LogP contribution in [0.25, 0.3) is 0 Å². The summed E-state index contributed by atoms with van der Waals surface area (Å²) in [7, 11) is 2.58. The lowest BCUT2D eigenvalue weighted by Gasteiger charge is -2.31. The van der Waals surface area contributed by atoms with Crippen LogP contribution in [-0.2, 0) is 66.8 Å². The van der Waals surface area contributed by atoms with Gasteiger partial charge < -0.3 is 87.4 Å². The van der Waals surface area contributed by atoms with E-state index in [1.807, 2.05) is 0 Å². The van der Waals surface area contributed by atoms with Crippen LogP contribution in [0.5, 0.6) is 0 Å². The van der Waals surface area contributed by atoms with Gasteiger partial charge in [0.2, 0.25) is 0 Å². The Morgan fingerprint density at radius 2 is 0.827 bits per heavy atom. The van der Waals surface area contributed by atoms with E-state index < -0.39 is 59.6 Å². The van der Waals surface area contributed by atoms with Gasteiger partial charge in [0.05, 0.1) is 99.4 Å². The molecule has 416 valence electrons. The minimum Gasteiger partial charge on any atom is -0.478 e. The van der Waals surface area contributed by atoms with E-state index in [0.717, 1.165) is 0 Å². The molecule has 0 radical (unpaired) electrons. The van der Waals surface area contributed by atoms with Gasteiger partial charge in [0, 0.05) is 58.8 Å². The summed E-state index contributed by atoms with van der Waals surface area (Å²) >= 11 is 12.8. The number of nitrogens with one attached hydrogen (secondary N) is 2. The molecular weight excluding hydrogens is 1040 g/mol. The van der Waals surface area contributed by atoms with Gasteiger partial charge in [0.1, 0.15) is 0 Å². The molecule has 2 heterocycles. The largest absolute Gasteiger partial charge is 0.478 e. The number of carbonyl (C=O) groups is 8. The molecule has 0 aromatic heterocycles. The highest BCUT2D eigenvalue weighted by Gasteiger charge is 2.41. The number of nitrogens with two attached hydrogens (primary N) is 2. The highest BCUT2D eigenvalue weighted by molar-refractivity contribution is 6.32. The van der Waals surface area contributed by atoms with Gasteiger partial charge in [0.15, 0.2) is 0 Å². The van der Waals surface area contributed by atoms with Crippen molar-refractivity contribution < 1.29 is 104 Å². The fourth-order valence-electron chi connectivity index (χ4n) is 6.52. The summed E-state index contributed by atoms with van der Waals surface area (Å²) in [5.74, 6) is -8.76. The number of carboxylic acids is 4. The average Bonchev–Trinajstić information content (AvgIpc) is 3.33. The van der Waals surface area contributed by atoms with Crippen LogP contribution in [0.4, 0.5) is 0 Å². The monoisotopic (exact) mass is 1100 g/mol. The summed E-state index contributed by atoms with van der Waals surface area (Å²) in [5, 5.41) is 38.3. The number of ether oxygens (including phenoxy) is 6. The Bertz CT molecular complexity index is 2270. The highest BCUT2D eigenvalue weighted by atomic mass is 35.5. The first kappa shape index (κ1) is 71.8. The number of allylic oxidation sites excluding steroid dienone is 2. The zero-order chi connectivity index (χ0) is 54.5. The third-order valence-electron chi connectivity index (χ3n) is 9.28. The first-order chi connectivity index (χ1) is 34.2. The van der Waals surface area contributed by atoms with Crippen LogP contribution < -0.4 is 22.1 Å². The van der Waals surface area contributed by atoms with Gasteiger partial charge in [-0.25, -0.2) is 38.4 Å². The van der Waals surface area contributed by atoms with E-state index in [1.165, 1.54) is 14.2 Å². The molecule has 0 saturated heterocycles. The van der Waals surface area contributed by atoms with Gasteiger partial charge in [-0.3, -0.25) is 0 Å². The molecule has 2 atom stereocenters. The van der Waals surface area contributed by atoms with Crippen LogP contribution in [0.2, 0.25) is 10.0 Å². The van der Waals surface area contributed by atoms with Gasteiger partial charge in [0.25, 0.3) is 0 Å². The number of halogens is 2. The summed E-state index contributed by atoms with van der Waals surface area (Å²) in [4.78, 5) is 89.1. The van der Waals surface area contributed by atoms with Gasteiger partial charge in [-0.1, -0.05) is 59.6 Å². The van der Waals surface area contributed by atoms with Crippen molar-refractivity contribution in [1.29, 1.82) is 0 Å². The number of methoxy groups -OCH3 is 2. The SMILES string of the molecule is CCOC(=O)C1=C(COCCN)NC(C)=C(C(=O)OC)C1c1ccccc1Cl.CCOC(=O)C1=C(COCCN)NC(C)=C(C(=O)OC)C1c1ccccc1Cl.O.O.O.O=C(O)/C=C\C(=O)O.O=C(O)/C=C\C(=O)O. The number of esters is 4. The maximum Gasteiger partial charge on any atom is 0.336 e. The third-order valence-corrected chi connectivity index (χ3v) is 9.97. The van der Waals surface area contributed by atoms with E-state index in [0.29, 0.717) is 106 Å². The minimum absolute atomic E-state index is 0. The molecule has 27 heteroatoms. The van der Waals surface area contributed by atoms with E-state index in [4.69, 9.17) is 83.5 Å². The van der Waals surface area contributed by atoms with Gasteiger partial charge in [-0.05, 0) is 51.0 Å². The molecule has 2 aromatic rings. The van der Waals surface area contributed by atoms with Crippen LogP contribution in [-0.4, -0.2) is 152 Å². The molecule has 16 N–H and O–H groups in total. The molecule has 0 spiro atoms. The minimum atomic E-state index is -1.26. The van der Waals surface area contributed by atoms with Gasteiger partial charge in [-0.2, -0.15) is 0 Å². The van der Waals surface area contributed by atoms with Crippen molar-refractivity contribution in [2.45, 2.75) is 39.5 Å². The van der Waals surface area contributed by atoms with Crippen molar-refractivity contribution in [3.05, 3.63) is 139 Å². The highest BCUT2D eigenvalue weighted by Crippen LogP contribution is 2.43. The fraction of sp³-hybridized carbons (Fsp3) is 0.333.